The molecule has 2 unspecified atom stereocenters. The Labute approximate surface area is 202 Å². The highest BCUT2D eigenvalue weighted by Crippen LogP contribution is 2.50. The van der Waals surface area contributed by atoms with E-state index in [4.69, 9.17) is 28.0 Å². The van der Waals surface area contributed by atoms with Crippen molar-refractivity contribution >= 4 is 52.4 Å². The molecular formula is C20H14Cl2F6N2O3S. The molecule has 2 aromatic rings. The molecule has 0 spiro atoms. The molecular weight excluding hydrogens is 533 g/mol. The third-order valence-corrected chi connectivity index (χ3v) is 6.58. The molecule has 1 N–H and O–H groups in total. The molecule has 34 heavy (non-hydrogen) atoms. The molecule has 5 nitrogen and oxygen atoms in total. The van der Waals surface area contributed by atoms with Gasteiger partial charge in [0.25, 0.3) is 5.60 Å². The van der Waals surface area contributed by atoms with E-state index in [2.05, 4.69) is 5.16 Å². The van der Waals surface area contributed by atoms with Crippen LogP contribution in [-0.2, 0) is 15.2 Å². The quantitative estimate of drug-likeness (QED) is 0.345. The van der Waals surface area contributed by atoms with Crippen LogP contribution in [0.1, 0.15) is 44.9 Å². The number of oxime groups is 1. The van der Waals surface area contributed by atoms with E-state index in [1.807, 2.05) is 0 Å². The lowest BCUT2D eigenvalue weighted by molar-refractivity contribution is -0.275. The maximum atomic E-state index is 14.1. The van der Waals surface area contributed by atoms with Crippen molar-refractivity contribution < 1.29 is 40.8 Å². The van der Waals surface area contributed by atoms with Crippen molar-refractivity contribution in [2.45, 2.75) is 37.2 Å². The Morgan fingerprint density at radius 1 is 1.21 bits per heavy atom. The standard InChI is InChI=1S/C20H14Cl2F6N2O3S/c1-9(17(32)29-8-19(23,24)25)13-5-15(34-16(13)7-31)14-6-18(33-30-14,20(26,27)28)10-2-11(21)4-12(22)3-10/h2-5,7,9H,6,8H2,1H3,(H,29,32). The summed E-state index contributed by atoms with van der Waals surface area (Å²) in [4.78, 5) is 28.6. The van der Waals surface area contributed by atoms with Gasteiger partial charge in [0.1, 0.15) is 12.3 Å². The third kappa shape index (κ3) is 5.33. The Morgan fingerprint density at radius 3 is 2.35 bits per heavy atom. The highest BCUT2D eigenvalue weighted by atomic mass is 35.5. The summed E-state index contributed by atoms with van der Waals surface area (Å²) in [6.45, 7) is -0.300. The van der Waals surface area contributed by atoms with Gasteiger partial charge >= 0.3 is 12.4 Å². The van der Waals surface area contributed by atoms with Crippen LogP contribution in [0.5, 0.6) is 0 Å². The van der Waals surface area contributed by atoms with Crippen molar-refractivity contribution in [2.24, 2.45) is 5.16 Å². The average molecular weight is 547 g/mol. The van der Waals surface area contributed by atoms with Crippen molar-refractivity contribution in [2.75, 3.05) is 6.54 Å². The lowest BCUT2D eigenvalue weighted by Gasteiger charge is -2.29. The van der Waals surface area contributed by atoms with E-state index in [1.165, 1.54) is 19.1 Å². The van der Waals surface area contributed by atoms with E-state index in [9.17, 15) is 35.9 Å². The molecule has 2 heterocycles. The van der Waals surface area contributed by atoms with E-state index >= 15 is 0 Å². The van der Waals surface area contributed by atoms with Gasteiger partial charge < -0.3 is 10.2 Å². The SMILES string of the molecule is CC(C(=O)NCC(F)(F)F)c1cc(C2=NOC(c3cc(Cl)cc(Cl)c3)(C(F)(F)F)C2)sc1C=O. The number of carbonyl (C=O) groups is 2. The Bertz CT molecular complexity index is 1130. The maximum Gasteiger partial charge on any atom is 0.435 e. The van der Waals surface area contributed by atoms with Crippen LogP contribution in [0.2, 0.25) is 10.0 Å². The van der Waals surface area contributed by atoms with Gasteiger partial charge in [-0.2, -0.15) is 26.3 Å². The van der Waals surface area contributed by atoms with Gasteiger partial charge in [0.2, 0.25) is 5.91 Å². The molecule has 2 atom stereocenters. The summed E-state index contributed by atoms with van der Waals surface area (Å²) in [5, 5.41) is 5.19. The molecule has 14 heteroatoms. The summed E-state index contributed by atoms with van der Waals surface area (Å²) in [6.07, 6.45) is -10.0. The number of aldehydes is 1. The van der Waals surface area contributed by atoms with Gasteiger partial charge in [0.05, 0.1) is 22.1 Å². The summed E-state index contributed by atoms with van der Waals surface area (Å²) in [6, 6.07) is 4.58. The fourth-order valence-corrected chi connectivity index (χ4v) is 4.87. The molecule has 1 aromatic carbocycles. The Morgan fingerprint density at radius 2 is 1.82 bits per heavy atom. The van der Waals surface area contributed by atoms with E-state index in [0.717, 1.165) is 23.5 Å². The summed E-state index contributed by atoms with van der Waals surface area (Å²) in [5.74, 6) is -2.19. The van der Waals surface area contributed by atoms with Crippen LogP contribution in [0, 0.1) is 0 Å². The summed E-state index contributed by atoms with van der Waals surface area (Å²) in [5.41, 5.74) is -3.41. The zero-order chi connectivity index (χ0) is 25.5. The van der Waals surface area contributed by atoms with E-state index < -0.39 is 42.7 Å². The third-order valence-electron chi connectivity index (χ3n) is 5.02. The zero-order valence-electron chi connectivity index (χ0n) is 17.0. The molecule has 1 aliphatic rings. The largest absolute Gasteiger partial charge is 0.435 e. The molecule has 3 rings (SSSR count). The molecule has 1 aliphatic heterocycles. The van der Waals surface area contributed by atoms with Crippen LogP contribution in [0.4, 0.5) is 26.3 Å². The monoisotopic (exact) mass is 546 g/mol. The van der Waals surface area contributed by atoms with E-state index in [1.54, 1.807) is 5.32 Å². The first kappa shape index (κ1) is 26.3. The molecule has 1 aromatic heterocycles. The second kappa shape index (κ2) is 9.38. The van der Waals surface area contributed by atoms with Crippen molar-refractivity contribution in [1.29, 1.82) is 0 Å². The van der Waals surface area contributed by atoms with Gasteiger partial charge in [-0.05, 0) is 36.8 Å². The minimum absolute atomic E-state index is 0.0392. The minimum Gasteiger partial charge on any atom is -0.374 e. The zero-order valence-corrected chi connectivity index (χ0v) is 19.3. The maximum absolute atomic E-state index is 14.1. The first-order valence-corrected chi connectivity index (χ1v) is 11.0. The van der Waals surface area contributed by atoms with Gasteiger partial charge in [-0.15, -0.1) is 11.3 Å². The number of hydrogen-bond acceptors (Lipinski definition) is 5. The normalized spacial score (nSPS) is 19.4. The molecule has 184 valence electrons. The van der Waals surface area contributed by atoms with E-state index in [0.29, 0.717) is 6.29 Å². The highest BCUT2D eigenvalue weighted by molar-refractivity contribution is 7.15. The Balaban J connectivity index is 1.92. The van der Waals surface area contributed by atoms with Gasteiger partial charge in [0, 0.05) is 15.6 Å². The van der Waals surface area contributed by atoms with Gasteiger partial charge in [0.15, 0.2) is 6.29 Å². The number of carbonyl (C=O) groups excluding carboxylic acids is 2. The minimum atomic E-state index is -4.94. The van der Waals surface area contributed by atoms with Gasteiger partial charge in [-0.1, -0.05) is 28.4 Å². The van der Waals surface area contributed by atoms with Crippen molar-refractivity contribution in [1.82, 2.24) is 5.32 Å². The summed E-state index contributed by atoms with van der Waals surface area (Å²) in [7, 11) is 0. The van der Waals surface area contributed by atoms with Crippen molar-refractivity contribution in [3.63, 3.8) is 0 Å². The fraction of sp³-hybridized carbons (Fsp3) is 0.350. The van der Waals surface area contributed by atoms with Gasteiger partial charge in [-0.25, -0.2) is 0 Å². The second-order valence-corrected chi connectivity index (χ2v) is 9.35. The number of nitrogens with zero attached hydrogens (tertiary/aromatic N) is 1. The smallest absolute Gasteiger partial charge is 0.374 e. The second-order valence-electron chi connectivity index (χ2n) is 7.39. The molecule has 0 radical (unpaired) electrons. The highest BCUT2D eigenvalue weighted by Gasteiger charge is 2.62. The van der Waals surface area contributed by atoms with Crippen molar-refractivity contribution in [3.8, 4) is 0 Å². The molecule has 0 fully saturated rings. The predicted octanol–water partition coefficient (Wildman–Crippen LogP) is 6.23. The summed E-state index contributed by atoms with van der Waals surface area (Å²) >= 11 is 12.5. The number of halogens is 8. The van der Waals surface area contributed by atoms with Crippen LogP contribution < -0.4 is 5.32 Å². The fourth-order valence-electron chi connectivity index (χ4n) is 3.30. The molecule has 1 amide bonds. The number of benzene rings is 1. The number of hydrogen-bond donors (Lipinski definition) is 1. The van der Waals surface area contributed by atoms with Crippen LogP contribution >= 0.6 is 34.5 Å². The predicted molar refractivity (Wildman–Crippen MR) is 114 cm³/mol. The Kier molecular flexibility index (Phi) is 7.26. The van der Waals surface area contributed by atoms with Crippen LogP contribution in [0.15, 0.2) is 29.4 Å². The molecule has 0 saturated carbocycles. The van der Waals surface area contributed by atoms with Crippen LogP contribution in [0.3, 0.4) is 0 Å². The Hall–Kier alpha value is -2.31. The number of rotatable bonds is 6. The first-order chi connectivity index (χ1) is 15.7. The van der Waals surface area contributed by atoms with Gasteiger partial charge in [-0.3, -0.25) is 9.59 Å². The molecule has 0 saturated heterocycles. The number of thiophene rings is 1. The lowest BCUT2D eigenvalue weighted by atomic mass is 9.87. The van der Waals surface area contributed by atoms with Crippen LogP contribution in [-0.4, -0.2) is 36.8 Å². The topological polar surface area (TPSA) is 67.8 Å². The molecule has 0 bridgehead atoms. The van der Waals surface area contributed by atoms with Crippen molar-refractivity contribution in [3.05, 3.63) is 55.2 Å². The number of nitrogens with one attached hydrogen (secondary N) is 1. The summed E-state index contributed by atoms with van der Waals surface area (Å²) < 4.78 is 79.6. The molecule has 0 aliphatic carbocycles. The average Bonchev–Trinajstić information content (AvgIpc) is 3.35. The number of amides is 1. The number of alkyl halides is 6. The van der Waals surface area contributed by atoms with E-state index in [-0.39, 0.29) is 36.6 Å². The first-order valence-electron chi connectivity index (χ1n) is 9.39. The van der Waals surface area contributed by atoms with Crippen LogP contribution in [0.25, 0.3) is 0 Å². The lowest BCUT2D eigenvalue weighted by Crippen LogP contribution is -2.42.